The van der Waals surface area contributed by atoms with Crippen LogP contribution in [-0.4, -0.2) is 72.4 Å². The van der Waals surface area contributed by atoms with Crippen LogP contribution in [0.5, 0.6) is 0 Å². The topological polar surface area (TPSA) is 146 Å². The number of ether oxygens (including phenoxy) is 1. The largest absolute Gasteiger partial charge is 0.394 e. The first-order valence-corrected chi connectivity index (χ1v) is 6.54. The van der Waals surface area contributed by atoms with Crippen LogP contribution in [0, 0.1) is 0 Å². The second-order valence-electron chi connectivity index (χ2n) is 3.76. The van der Waals surface area contributed by atoms with E-state index in [1.807, 2.05) is 0 Å². The van der Waals surface area contributed by atoms with Gasteiger partial charge in [0.15, 0.2) is 0 Å². The summed E-state index contributed by atoms with van der Waals surface area (Å²) in [5, 5.41) is 37.3. The number of rotatable bonds is 5. The Balaban J connectivity index is 2.57. The molecule has 5 N–H and O–H groups in total. The van der Waals surface area contributed by atoms with Gasteiger partial charge in [-0.25, -0.2) is 8.42 Å². The molecule has 0 aromatic rings. The highest BCUT2D eigenvalue weighted by Crippen LogP contribution is 2.29. The second kappa shape index (κ2) is 5.12. The Kier molecular flexibility index (Phi) is 4.43. The van der Waals surface area contributed by atoms with E-state index in [-0.39, 0.29) is 0 Å². The van der Waals surface area contributed by atoms with Crippen LogP contribution < -0.4 is 4.89 Å². The minimum atomic E-state index is -3.63. The Bertz CT molecular complexity index is 359. The molecule has 17 heavy (non-hydrogen) atoms. The Labute approximate surface area is 97.6 Å². The summed E-state index contributed by atoms with van der Waals surface area (Å²) in [6.07, 6.45) is -3.56. The van der Waals surface area contributed by atoms with Gasteiger partial charge in [0.2, 0.25) is 15.8 Å². The van der Waals surface area contributed by atoms with Crippen molar-refractivity contribution in [3.8, 4) is 0 Å². The van der Waals surface area contributed by atoms with Crippen LogP contribution in [0.1, 0.15) is 0 Å². The molecule has 9 nitrogen and oxygen atoms in total. The van der Waals surface area contributed by atoms with Crippen LogP contribution in [0.15, 0.2) is 0 Å². The maximum absolute atomic E-state index is 10.7. The van der Waals surface area contributed by atoms with Crippen LogP contribution >= 0.6 is 0 Å². The highest BCUT2D eigenvalue weighted by Gasteiger charge is 2.53. The fraction of sp³-hybridized carbons (Fsp3) is 1.00. The van der Waals surface area contributed by atoms with Crippen LogP contribution in [0.3, 0.4) is 0 Å². The van der Waals surface area contributed by atoms with Gasteiger partial charge in [-0.2, -0.15) is 0 Å². The molecule has 1 heterocycles. The van der Waals surface area contributed by atoms with Gasteiger partial charge in [0.25, 0.3) is 0 Å². The van der Waals surface area contributed by atoms with Crippen molar-refractivity contribution in [1.82, 2.24) is 4.89 Å². The number of nitrogens with one attached hydrogen (secondary N) is 1. The molecular formula is C7H15NO8S. The van der Waals surface area contributed by atoms with Gasteiger partial charge in [-0.3, -0.25) is 4.84 Å². The van der Waals surface area contributed by atoms with Crippen molar-refractivity contribution >= 4 is 10.0 Å². The first-order chi connectivity index (χ1) is 7.69. The number of aliphatic hydroxyl groups is 4. The molecule has 1 rings (SSSR count). The molecule has 0 aromatic heterocycles. The van der Waals surface area contributed by atoms with Crippen LogP contribution in [0.2, 0.25) is 0 Å². The molecule has 0 bridgehead atoms. The summed E-state index contributed by atoms with van der Waals surface area (Å²) >= 11 is 0. The van der Waals surface area contributed by atoms with Crippen molar-refractivity contribution in [1.29, 1.82) is 0 Å². The van der Waals surface area contributed by atoms with Crippen LogP contribution in [-0.2, 0) is 19.6 Å². The normalized spacial score (nSPS) is 38.5. The fourth-order valence-corrected chi connectivity index (χ4v) is 1.65. The monoisotopic (exact) mass is 273 g/mol. The molecule has 1 fully saturated rings. The number of hydrogen-bond donors (Lipinski definition) is 5. The molecule has 102 valence electrons. The molecule has 1 saturated heterocycles. The van der Waals surface area contributed by atoms with E-state index in [1.54, 1.807) is 4.89 Å². The van der Waals surface area contributed by atoms with Gasteiger partial charge in [0, 0.05) is 0 Å². The molecule has 0 radical (unpaired) electrons. The van der Waals surface area contributed by atoms with Crippen molar-refractivity contribution < 1.29 is 38.4 Å². The van der Waals surface area contributed by atoms with Crippen LogP contribution in [0.4, 0.5) is 0 Å². The van der Waals surface area contributed by atoms with E-state index in [1.165, 1.54) is 0 Å². The zero-order valence-corrected chi connectivity index (χ0v) is 9.79. The van der Waals surface area contributed by atoms with Crippen molar-refractivity contribution in [2.75, 3.05) is 19.5 Å². The fourth-order valence-electron chi connectivity index (χ4n) is 1.38. The molecule has 1 aliphatic rings. The maximum Gasteiger partial charge on any atom is 0.230 e. The van der Waals surface area contributed by atoms with E-state index in [2.05, 4.69) is 4.84 Å². The zero-order chi connectivity index (χ0) is 13.3. The lowest BCUT2D eigenvalue weighted by atomic mass is 10.1. The van der Waals surface area contributed by atoms with E-state index < -0.39 is 47.3 Å². The summed E-state index contributed by atoms with van der Waals surface area (Å²) in [4.78, 5) is 6.05. The molecule has 0 saturated carbocycles. The third-order valence-electron chi connectivity index (χ3n) is 2.19. The van der Waals surface area contributed by atoms with Gasteiger partial charge < -0.3 is 25.2 Å². The molecular weight excluding hydrogens is 258 g/mol. The summed E-state index contributed by atoms with van der Waals surface area (Å²) < 4.78 is 26.1. The van der Waals surface area contributed by atoms with Gasteiger partial charge >= 0.3 is 0 Å². The van der Waals surface area contributed by atoms with Gasteiger partial charge in [0.05, 0.1) is 12.9 Å². The summed E-state index contributed by atoms with van der Waals surface area (Å²) in [6.45, 7) is -1.35. The predicted octanol–water partition coefficient (Wildman–Crippen LogP) is -3.73. The molecule has 0 amide bonds. The first kappa shape index (κ1) is 14.7. The molecule has 4 atom stereocenters. The smallest absolute Gasteiger partial charge is 0.230 e. The molecule has 0 aromatic carbocycles. The molecule has 1 unspecified atom stereocenters. The lowest BCUT2D eigenvalue weighted by Crippen LogP contribution is -2.48. The Hall–Kier alpha value is -0.330. The Morgan fingerprint density at radius 3 is 2.47 bits per heavy atom. The number of aliphatic hydroxyl groups excluding tert-OH is 3. The summed E-state index contributed by atoms with van der Waals surface area (Å²) in [5.74, 6) is -2.29. The second-order valence-corrected chi connectivity index (χ2v) is 5.47. The number of hydrogen-bond acceptors (Lipinski definition) is 8. The van der Waals surface area contributed by atoms with Gasteiger partial charge in [-0.1, -0.05) is 4.89 Å². The Morgan fingerprint density at radius 2 is 2.06 bits per heavy atom. The summed E-state index contributed by atoms with van der Waals surface area (Å²) in [5.41, 5.74) is 0. The number of sulfonamides is 1. The van der Waals surface area contributed by atoms with Crippen LogP contribution in [0.25, 0.3) is 0 Å². The lowest BCUT2D eigenvalue weighted by molar-refractivity contribution is -0.259. The van der Waals surface area contributed by atoms with Crippen molar-refractivity contribution in [2.45, 2.75) is 24.1 Å². The highest BCUT2D eigenvalue weighted by molar-refractivity contribution is 7.88. The van der Waals surface area contributed by atoms with E-state index in [0.29, 0.717) is 0 Å². The third-order valence-corrected chi connectivity index (χ3v) is 2.61. The predicted molar refractivity (Wildman–Crippen MR) is 52.9 cm³/mol. The first-order valence-electron chi connectivity index (χ1n) is 4.65. The van der Waals surface area contributed by atoms with E-state index in [0.717, 1.165) is 6.26 Å². The quantitative estimate of drug-likeness (QED) is 0.321. The summed E-state index contributed by atoms with van der Waals surface area (Å²) in [6, 6.07) is 0. The van der Waals surface area contributed by atoms with Gasteiger partial charge in [-0.05, 0) is 0 Å². The van der Waals surface area contributed by atoms with Crippen molar-refractivity contribution in [2.24, 2.45) is 0 Å². The SMILES string of the molecule is CS(=O)(=O)NOCC1(O)O[C@H](CO)[C@@H](O)[C@H]1O. The molecule has 10 heteroatoms. The highest BCUT2D eigenvalue weighted by atomic mass is 32.2. The zero-order valence-electron chi connectivity index (χ0n) is 8.98. The van der Waals surface area contributed by atoms with E-state index in [9.17, 15) is 23.7 Å². The van der Waals surface area contributed by atoms with E-state index in [4.69, 9.17) is 9.84 Å². The standard InChI is InChI=1S/C7H15NO8S/c1-17(13,14)8-15-3-7(12)6(11)5(10)4(2-9)16-7/h4-6,8-12H,2-3H2,1H3/t4-,5-,6-,7?/m1/s1. The maximum atomic E-state index is 10.7. The molecule has 0 spiro atoms. The third kappa shape index (κ3) is 3.56. The summed E-state index contributed by atoms with van der Waals surface area (Å²) in [7, 11) is -3.63. The minimum Gasteiger partial charge on any atom is -0.394 e. The average molecular weight is 273 g/mol. The van der Waals surface area contributed by atoms with Gasteiger partial charge in [-0.15, -0.1) is 0 Å². The lowest BCUT2D eigenvalue weighted by Gasteiger charge is -2.25. The van der Waals surface area contributed by atoms with E-state index >= 15 is 0 Å². The Morgan fingerprint density at radius 1 is 1.47 bits per heavy atom. The molecule has 0 aliphatic carbocycles. The van der Waals surface area contributed by atoms with Gasteiger partial charge in [0.1, 0.15) is 24.9 Å². The average Bonchev–Trinajstić information content (AvgIpc) is 2.41. The van der Waals surface area contributed by atoms with Crippen molar-refractivity contribution in [3.05, 3.63) is 0 Å². The minimum absolute atomic E-state index is 0.611. The molecule has 1 aliphatic heterocycles. The van der Waals surface area contributed by atoms with Crippen molar-refractivity contribution in [3.63, 3.8) is 0 Å².